The van der Waals surface area contributed by atoms with Crippen LogP contribution in [0.4, 0.5) is 0 Å². The third-order valence-corrected chi connectivity index (χ3v) is 3.32. The van der Waals surface area contributed by atoms with Crippen LogP contribution in [-0.2, 0) is 14.2 Å². The van der Waals surface area contributed by atoms with Crippen LogP contribution in [0.5, 0.6) is 0 Å². The Balaban J connectivity index is 4.92. The topological polar surface area (TPSA) is 136 Å². The predicted molar refractivity (Wildman–Crippen MR) is 77.4 cm³/mol. The van der Waals surface area contributed by atoms with Crippen LogP contribution < -0.4 is 10.4 Å². The number of carboxylic acid groups (broad SMARTS) is 1. The summed E-state index contributed by atoms with van der Waals surface area (Å²) in [4.78, 5) is 41.1. The molecule has 9 heteroatoms. The van der Waals surface area contributed by atoms with Crippen LogP contribution in [0.25, 0.3) is 0 Å². The fourth-order valence-corrected chi connectivity index (χ4v) is 2.49. The first-order valence-electron chi connectivity index (χ1n) is 6.79. The summed E-state index contributed by atoms with van der Waals surface area (Å²) in [6.07, 6.45) is 0.427. The molecule has 0 aliphatic carbocycles. The molecule has 2 atom stereocenters. The molecule has 0 bridgehead atoms. The lowest BCUT2D eigenvalue weighted by Crippen LogP contribution is -2.50. The molecule has 0 aromatic rings. The summed E-state index contributed by atoms with van der Waals surface area (Å²) >= 11 is 0. The molecule has 0 fully saturated rings. The first-order valence-corrected chi connectivity index (χ1v) is 8.40. The maximum Gasteiger partial charge on any atom is 0.401 e. The molecule has 1 amide bonds. The van der Waals surface area contributed by atoms with Gasteiger partial charge in [0, 0.05) is 0 Å². The molecular formula is C12H25N2O6P. The van der Waals surface area contributed by atoms with E-state index in [0.29, 0.717) is 0 Å². The number of amides is 1. The second-order valence-electron chi connectivity index (χ2n) is 5.88. The van der Waals surface area contributed by atoms with Crippen molar-refractivity contribution in [3.8, 4) is 0 Å². The highest BCUT2D eigenvalue weighted by Crippen LogP contribution is 2.30. The van der Waals surface area contributed by atoms with E-state index >= 15 is 0 Å². The van der Waals surface area contributed by atoms with Crippen molar-refractivity contribution in [1.82, 2.24) is 10.4 Å². The maximum atomic E-state index is 12.1. The van der Waals surface area contributed by atoms with E-state index in [4.69, 9.17) is 14.9 Å². The minimum atomic E-state index is -4.58. The number of rotatable bonds is 9. The smallest absolute Gasteiger partial charge is 0.401 e. The van der Waals surface area contributed by atoms with Gasteiger partial charge in [0.05, 0.1) is 6.04 Å². The van der Waals surface area contributed by atoms with Crippen molar-refractivity contribution in [2.24, 2.45) is 11.8 Å². The van der Waals surface area contributed by atoms with Gasteiger partial charge in [-0.15, -0.1) is 0 Å². The van der Waals surface area contributed by atoms with Crippen LogP contribution in [0, 0.1) is 11.8 Å². The van der Waals surface area contributed by atoms with Gasteiger partial charge >= 0.3 is 13.7 Å². The molecule has 0 spiro atoms. The Kier molecular flexibility index (Phi) is 8.10. The largest absolute Gasteiger partial charge is 0.480 e. The van der Waals surface area contributed by atoms with Crippen LogP contribution in [0.15, 0.2) is 0 Å². The molecule has 0 radical (unpaired) electrons. The normalized spacial score (nSPS) is 15.0. The zero-order valence-electron chi connectivity index (χ0n) is 12.7. The van der Waals surface area contributed by atoms with Crippen molar-refractivity contribution in [2.45, 2.75) is 52.6 Å². The summed E-state index contributed by atoms with van der Waals surface area (Å²) in [5.74, 6) is -1.82. The molecule has 0 aliphatic heterocycles. The standard InChI is InChI=1S/C12H25N2O6P/c1-7(2)5-9(14-21(18,19)20)11(15)13-10(12(16)17)6-8(3)4/h7-10H,5-6H2,1-4H3,(H,13,15)(H,16,17)(H3,14,18,19,20). The van der Waals surface area contributed by atoms with Gasteiger partial charge in [0.15, 0.2) is 0 Å². The Morgan fingerprint density at radius 1 is 1.00 bits per heavy atom. The van der Waals surface area contributed by atoms with E-state index in [0.717, 1.165) is 0 Å². The van der Waals surface area contributed by atoms with Crippen molar-refractivity contribution in [3.05, 3.63) is 0 Å². The van der Waals surface area contributed by atoms with Gasteiger partial charge in [0.25, 0.3) is 0 Å². The Bertz CT molecular complexity index is 407. The van der Waals surface area contributed by atoms with Gasteiger partial charge in [0.2, 0.25) is 5.91 Å². The van der Waals surface area contributed by atoms with Gasteiger partial charge in [-0.3, -0.25) is 4.79 Å². The monoisotopic (exact) mass is 324 g/mol. The van der Waals surface area contributed by atoms with E-state index in [1.165, 1.54) is 0 Å². The van der Waals surface area contributed by atoms with E-state index < -0.39 is 31.7 Å². The van der Waals surface area contributed by atoms with E-state index in [1.807, 2.05) is 18.9 Å². The van der Waals surface area contributed by atoms with E-state index in [-0.39, 0.29) is 24.7 Å². The molecule has 0 aromatic heterocycles. The lowest BCUT2D eigenvalue weighted by Gasteiger charge is -2.23. The molecule has 0 rings (SSSR count). The molecule has 124 valence electrons. The van der Waals surface area contributed by atoms with Crippen molar-refractivity contribution in [3.63, 3.8) is 0 Å². The van der Waals surface area contributed by atoms with Crippen LogP contribution in [0.1, 0.15) is 40.5 Å². The number of nitrogens with one attached hydrogen (secondary N) is 2. The molecule has 21 heavy (non-hydrogen) atoms. The highest BCUT2D eigenvalue weighted by atomic mass is 31.2. The lowest BCUT2D eigenvalue weighted by molar-refractivity contribution is -0.142. The molecule has 0 heterocycles. The number of carbonyl (C=O) groups excluding carboxylic acids is 1. The summed E-state index contributed by atoms with van der Waals surface area (Å²) in [7, 11) is -4.58. The van der Waals surface area contributed by atoms with Crippen LogP contribution in [-0.4, -0.2) is 38.9 Å². The summed E-state index contributed by atoms with van der Waals surface area (Å²) < 4.78 is 11.0. The first kappa shape index (κ1) is 20.1. The van der Waals surface area contributed by atoms with Crippen LogP contribution in [0.3, 0.4) is 0 Å². The molecule has 2 unspecified atom stereocenters. The van der Waals surface area contributed by atoms with Crippen LogP contribution in [0.2, 0.25) is 0 Å². The van der Waals surface area contributed by atoms with Crippen molar-refractivity contribution in [2.75, 3.05) is 0 Å². The van der Waals surface area contributed by atoms with Crippen LogP contribution >= 0.6 is 7.75 Å². The quantitative estimate of drug-likeness (QED) is 0.394. The predicted octanol–water partition coefficient (Wildman–Crippen LogP) is 0.699. The second kappa shape index (κ2) is 8.48. The Morgan fingerprint density at radius 3 is 1.76 bits per heavy atom. The van der Waals surface area contributed by atoms with Gasteiger partial charge < -0.3 is 20.2 Å². The zero-order chi connectivity index (χ0) is 16.8. The third-order valence-electron chi connectivity index (χ3n) is 2.67. The number of carboxylic acids is 1. The molecule has 0 aliphatic rings. The fraction of sp³-hybridized carbons (Fsp3) is 0.833. The van der Waals surface area contributed by atoms with Gasteiger partial charge in [-0.05, 0) is 24.7 Å². The summed E-state index contributed by atoms with van der Waals surface area (Å²) in [5.41, 5.74) is 0. The van der Waals surface area contributed by atoms with Crippen molar-refractivity contribution >= 4 is 19.6 Å². The van der Waals surface area contributed by atoms with Gasteiger partial charge in [-0.1, -0.05) is 27.7 Å². The SMILES string of the molecule is CC(C)CC(NC(=O)C(CC(C)C)NP(=O)(O)O)C(=O)O. The zero-order valence-corrected chi connectivity index (χ0v) is 13.6. The summed E-state index contributed by atoms with van der Waals surface area (Å²) in [6.45, 7) is 7.23. The lowest BCUT2D eigenvalue weighted by atomic mass is 10.0. The Morgan fingerprint density at radius 2 is 1.43 bits per heavy atom. The molecule has 8 nitrogen and oxygen atoms in total. The molecule has 5 N–H and O–H groups in total. The molecule has 0 aromatic carbocycles. The fourth-order valence-electron chi connectivity index (χ4n) is 1.86. The minimum Gasteiger partial charge on any atom is -0.480 e. The average molecular weight is 324 g/mol. The van der Waals surface area contributed by atoms with Gasteiger partial charge in [-0.2, -0.15) is 0 Å². The van der Waals surface area contributed by atoms with E-state index in [2.05, 4.69) is 5.32 Å². The second-order valence-corrected chi connectivity index (χ2v) is 7.23. The van der Waals surface area contributed by atoms with Crippen molar-refractivity contribution in [1.29, 1.82) is 0 Å². The van der Waals surface area contributed by atoms with Gasteiger partial charge in [0.1, 0.15) is 6.04 Å². The highest BCUT2D eigenvalue weighted by Gasteiger charge is 2.30. The Hall–Kier alpha value is -0.950. The first-order chi connectivity index (χ1) is 9.42. The molecular weight excluding hydrogens is 299 g/mol. The van der Waals surface area contributed by atoms with E-state index in [1.54, 1.807) is 13.8 Å². The van der Waals surface area contributed by atoms with E-state index in [9.17, 15) is 14.2 Å². The highest BCUT2D eigenvalue weighted by molar-refractivity contribution is 7.49. The number of hydrogen-bond acceptors (Lipinski definition) is 3. The summed E-state index contributed by atoms with van der Waals surface area (Å²) in [6, 6.07) is -2.22. The number of aliphatic carboxylic acids is 1. The molecule has 0 saturated heterocycles. The maximum absolute atomic E-state index is 12.1. The average Bonchev–Trinajstić information content (AvgIpc) is 2.23. The van der Waals surface area contributed by atoms with Crippen molar-refractivity contribution < 1.29 is 29.0 Å². The number of carbonyl (C=O) groups is 2. The summed E-state index contributed by atoms with van der Waals surface area (Å²) in [5, 5.41) is 13.4. The third kappa shape index (κ3) is 9.57. The number of hydrogen-bond donors (Lipinski definition) is 5. The van der Waals surface area contributed by atoms with Gasteiger partial charge in [-0.25, -0.2) is 14.4 Å². The molecule has 0 saturated carbocycles. The minimum absolute atomic E-state index is 0.00757. The Labute approximate surface area is 124 Å².